The number of rotatable bonds is 7. The molecule has 1 heterocycles. The van der Waals surface area contributed by atoms with Crippen LogP contribution in [0.1, 0.15) is 38.7 Å². The Balaban J connectivity index is 0.00000364. The Hall–Kier alpha value is -1.59. The van der Waals surface area contributed by atoms with Crippen LogP contribution in [0.25, 0.3) is 0 Å². The minimum absolute atomic E-state index is 0. The minimum atomic E-state index is -0.0709. The van der Waals surface area contributed by atoms with E-state index in [2.05, 4.69) is 26.0 Å². The van der Waals surface area contributed by atoms with Crippen LogP contribution in [0.2, 0.25) is 0 Å². The number of hydrogen-bond donors (Lipinski definition) is 1. The van der Waals surface area contributed by atoms with Crippen molar-refractivity contribution >= 4 is 24.2 Å². The first-order valence-electron chi connectivity index (χ1n) is 9.59. The lowest BCUT2D eigenvalue weighted by atomic mass is 9.91. The molecule has 1 aromatic carbocycles. The molecule has 2 amide bonds. The van der Waals surface area contributed by atoms with Gasteiger partial charge >= 0.3 is 0 Å². The van der Waals surface area contributed by atoms with Crippen molar-refractivity contribution in [2.75, 3.05) is 33.2 Å². The van der Waals surface area contributed by atoms with Crippen LogP contribution in [0.4, 0.5) is 0 Å². The normalized spacial score (nSPS) is 15.2. The second kappa shape index (κ2) is 10.7. The summed E-state index contributed by atoms with van der Waals surface area (Å²) >= 11 is 0. The minimum Gasteiger partial charge on any atom is -0.345 e. The van der Waals surface area contributed by atoms with Gasteiger partial charge in [0, 0.05) is 39.0 Å². The van der Waals surface area contributed by atoms with Crippen molar-refractivity contribution in [1.82, 2.24) is 9.80 Å². The van der Waals surface area contributed by atoms with Gasteiger partial charge in [-0.2, -0.15) is 0 Å². The van der Waals surface area contributed by atoms with Crippen molar-refractivity contribution in [2.45, 2.75) is 39.5 Å². The molecule has 2 rings (SSSR count). The molecule has 27 heavy (non-hydrogen) atoms. The van der Waals surface area contributed by atoms with Crippen LogP contribution in [0.3, 0.4) is 0 Å². The van der Waals surface area contributed by atoms with Crippen LogP contribution in [-0.4, -0.2) is 54.8 Å². The SMILES string of the molecule is CN(CC(C)(C)CN)C(=O)C1CCN(C(=O)CCc2ccccc2)CC1.Cl. The summed E-state index contributed by atoms with van der Waals surface area (Å²) < 4.78 is 0. The maximum atomic E-state index is 12.7. The highest BCUT2D eigenvalue weighted by Gasteiger charge is 2.30. The van der Waals surface area contributed by atoms with Crippen LogP contribution in [0.15, 0.2) is 30.3 Å². The molecule has 0 aliphatic carbocycles. The van der Waals surface area contributed by atoms with Crippen molar-refractivity contribution in [3.63, 3.8) is 0 Å². The van der Waals surface area contributed by atoms with E-state index in [1.54, 1.807) is 0 Å². The van der Waals surface area contributed by atoms with Crippen molar-refractivity contribution in [2.24, 2.45) is 17.1 Å². The number of piperidine rings is 1. The molecular formula is C21H34ClN3O2. The molecule has 0 saturated carbocycles. The summed E-state index contributed by atoms with van der Waals surface area (Å²) in [6.07, 6.45) is 2.81. The zero-order chi connectivity index (χ0) is 19.2. The third kappa shape index (κ3) is 7.15. The van der Waals surface area contributed by atoms with E-state index in [-0.39, 0.29) is 35.6 Å². The molecule has 1 aliphatic heterocycles. The van der Waals surface area contributed by atoms with Crippen molar-refractivity contribution in [3.8, 4) is 0 Å². The average molecular weight is 396 g/mol. The van der Waals surface area contributed by atoms with Crippen LogP contribution in [0.5, 0.6) is 0 Å². The average Bonchev–Trinajstić information content (AvgIpc) is 2.66. The largest absolute Gasteiger partial charge is 0.345 e. The van der Waals surface area contributed by atoms with Gasteiger partial charge < -0.3 is 15.5 Å². The molecule has 0 unspecified atom stereocenters. The van der Waals surface area contributed by atoms with Gasteiger partial charge in [-0.25, -0.2) is 0 Å². The van der Waals surface area contributed by atoms with Gasteiger partial charge in [0.2, 0.25) is 11.8 Å². The number of nitrogens with zero attached hydrogens (tertiary/aromatic N) is 2. The summed E-state index contributed by atoms with van der Waals surface area (Å²) in [4.78, 5) is 28.8. The molecule has 1 aliphatic rings. The Morgan fingerprint density at radius 1 is 1.19 bits per heavy atom. The molecule has 6 heteroatoms. The Kier molecular flexibility index (Phi) is 9.27. The Morgan fingerprint density at radius 3 is 2.33 bits per heavy atom. The Morgan fingerprint density at radius 2 is 1.78 bits per heavy atom. The highest BCUT2D eigenvalue weighted by atomic mass is 35.5. The summed E-state index contributed by atoms with van der Waals surface area (Å²) in [6, 6.07) is 10.1. The van der Waals surface area contributed by atoms with E-state index in [4.69, 9.17) is 5.73 Å². The summed E-state index contributed by atoms with van der Waals surface area (Å²) in [6.45, 7) is 6.73. The number of carbonyl (C=O) groups is 2. The Bertz CT molecular complexity index is 599. The molecule has 1 aromatic rings. The summed E-state index contributed by atoms with van der Waals surface area (Å²) in [5.41, 5.74) is 6.89. The fraction of sp³-hybridized carbons (Fsp3) is 0.619. The maximum absolute atomic E-state index is 12.7. The number of amides is 2. The summed E-state index contributed by atoms with van der Waals surface area (Å²) in [5.74, 6) is 0.395. The molecule has 2 N–H and O–H groups in total. The topological polar surface area (TPSA) is 66.6 Å². The predicted octanol–water partition coefficient (Wildman–Crippen LogP) is 2.72. The second-order valence-corrected chi connectivity index (χ2v) is 8.20. The number of aryl methyl sites for hydroxylation is 1. The standard InChI is InChI=1S/C21H33N3O2.ClH/c1-21(2,15-22)16-23(3)20(26)18-11-13-24(14-12-18)19(25)10-9-17-7-5-4-6-8-17;/h4-8,18H,9-16,22H2,1-3H3;1H. The van der Waals surface area contributed by atoms with E-state index >= 15 is 0 Å². The fourth-order valence-electron chi connectivity index (χ4n) is 3.53. The third-order valence-corrected chi connectivity index (χ3v) is 5.26. The molecule has 152 valence electrons. The number of hydrogen-bond acceptors (Lipinski definition) is 3. The molecular weight excluding hydrogens is 362 g/mol. The number of likely N-dealkylation sites (tertiary alicyclic amines) is 1. The van der Waals surface area contributed by atoms with Crippen molar-refractivity contribution in [1.29, 1.82) is 0 Å². The summed E-state index contributed by atoms with van der Waals surface area (Å²) in [5, 5.41) is 0. The van der Waals surface area contributed by atoms with E-state index in [0.29, 0.717) is 32.6 Å². The van der Waals surface area contributed by atoms with Gasteiger partial charge in [0.05, 0.1) is 0 Å². The monoisotopic (exact) mass is 395 g/mol. The molecule has 0 radical (unpaired) electrons. The summed E-state index contributed by atoms with van der Waals surface area (Å²) in [7, 11) is 1.86. The van der Waals surface area contributed by atoms with Gasteiger partial charge in [0.25, 0.3) is 0 Å². The highest BCUT2D eigenvalue weighted by Crippen LogP contribution is 2.22. The number of benzene rings is 1. The van der Waals surface area contributed by atoms with Gasteiger partial charge in [-0.15, -0.1) is 12.4 Å². The van der Waals surface area contributed by atoms with Crippen LogP contribution < -0.4 is 5.73 Å². The van der Waals surface area contributed by atoms with E-state index in [1.807, 2.05) is 35.0 Å². The molecule has 0 aromatic heterocycles. The predicted molar refractivity (Wildman–Crippen MR) is 112 cm³/mol. The number of halogens is 1. The van der Waals surface area contributed by atoms with E-state index < -0.39 is 0 Å². The quantitative estimate of drug-likeness (QED) is 0.771. The fourth-order valence-corrected chi connectivity index (χ4v) is 3.53. The maximum Gasteiger partial charge on any atom is 0.225 e. The lowest BCUT2D eigenvalue weighted by Gasteiger charge is -2.35. The van der Waals surface area contributed by atoms with Gasteiger partial charge in [0.1, 0.15) is 0 Å². The molecule has 0 spiro atoms. The lowest BCUT2D eigenvalue weighted by molar-refractivity contribution is -0.140. The third-order valence-electron chi connectivity index (χ3n) is 5.26. The number of nitrogens with two attached hydrogens (primary N) is 1. The zero-order valence-corrected chi connectivity index (χ0v) is 17.6. The first kappa shape index (κ1) is 23.4. The molecule has 0 atom stereocenters. The van der Waals surface area contributed by atoms with E-state index in [9.17, 15) is 9.59 Å². The van der Waals surface area contributed by atoms with Gasteiger partial charge in [-0.05, 0) is 36.8 Å². The molecule has 1 fully saturated rings. The second-order valence-electron chi connectivity index (χ2n) is 8.20. The Labute approximate surface area is 169 Å². The molecule has 1 saturated heterocycles. The first-order valence-corrected chi connectivity index (χ1v) is 9.59. The smallest absolute Gasteiger partial charge is 0.225 e. The van der Waals surface area contributed by atoms with Gasteiger partial charge in [-0.3, -0.25) is 9.59 Å². The van der Waals surface area contributed by atoms with Crippen LogP contribution in [0, 0.1) is 11.3 Å². The zero-order valence-electron chi connectivity index (χ0n) is 16.8. The van der Waals surface area contributed by atoms with E-state index in [1.165, 1.54) is 5.56 Å². The molecule has 5 nitrogen and oxygen atoms in total. The lowest BCUT2D eigenvalue weighted by Crippen LogP contribution is -2.46. The van der Waals surface area contributed by atoms with E-state index in [0.717, 1.165) is 19.3 Å². The van der Waals surface area contributed by atoms with Gasteiger partial charge in [0.15, 0.2) is 0 Å². The van der Waals surface area contributed by atoms with Crippen LogP contribution in [-0.2, 0) is 16.0 Å². The molecule has 0 bridgehead atoms. The van der Waals surface area contributed by atoms with Crippen molar-refractivity contribution < 1.29 is 9.59 Å². The van der Waals surface area contributed by atoms with Crippen molar-refractivity contribution in [3.05, 3.63) is 35.9 Å². The van der Waals surface area contributed by atoms with Crippen LogP contribution >= 0.6 is 12.4 Å². The highest BCUT2D eigenvalue weighted by molar-refractivity contribution is 5.85. The number of carbonyl (C=O) groups excluding carboxylic acids is 2. The van der Waals surface area contributed by atoms with Gasteiger partial charge in [-0.1, -0.05) is 44.2 Å². The first-order chi connectivity index (χ1) is 12.3.